The third-order valence-electron chi connectivity index (χ3n) is 4.13. The summed E-state index contributed by atoms with van der Waals surface area (Å²) >= 11 is 1.50. The predicted octanol–water partition coefficient (Wildman–Crippen LogP) is 3.48. The minimum atomic E-state index is -0.494. The summed E-state index contributed by atoms with van der Waals surface area (Å²) in [6.07, 6.45) is 4.36. The van der Waals surface area contributed by atoms with Crippen LogP contribution in [0.25, 0.3) is 0 Å². The van der Waals surface area contributed by atoms with Crippen molar-refractivity contribution in [3.63, 3.8) is 0 Å². The smallest absolute Gasteiger partial charge is 0.243 e. The van der Waals surface area contributed by atoms with Gasteiger partial charge in [0.25, 0.3) is 0 Å². The Bertz CT molecular complexity index is 582. The number of nitrogens with one attached hydrogen (secondary N) is 1. The molecule has 0 unspecified atom stereocenters. The second-order valence-corrected chi connectivity index (χ2v) is 7.15. The monoisotopic (exact) mass is 352 g/mol. The molecule has 1 aliphatic heterocycles. The third-order valence-corrected chi connectivity index (χ3v) is 5.45. The largest absolute Gasteiger partial charge is 0.354 e. The number of carbonyl (C=O) groups is 2. The van der Waals surface area contributed by atoms with Gasteiger partial charge in [0.05, 0.1) is 0 Å². The van der Waals surface area contributed by atoms with Crippen LogP contribution in [0.2, 0.25) is 0 Å². The number of rotatable bonds is 7. The minimum Gasteiger partial charge on any atom is -0.354 e. The maximum absolute atomic E-state index is 13.5. The highest BCUT2D eigenvalue weighted by molar-refractivity contribution is 7.99. The van der Waals surface area contributed by atoms with Crippen molar-refractivity contribution in [1.82, 2.24) is 10.2 Å². The molecule has 1 fully saturated rings. The van der Waals surface area contributed by atoms with Crippen LogP contribution in [0.1, 0.15) is 50.5 Å². The molecule has 2 amide bonds. The highest BCUT2D eigenvalue weighted by atomic mass is 32.2. The van der Waals surface area contributed by atoms with Crippen LogP contribution in [0.3, 0.4) is 0 Å². The van der Waals surface area contributed by atoms with Gasteiger partial charge in [-0.2, -0.15) is 0 Å². The van der Waals surface area contributed by atoms with E-state index in [1.807, 2.05) is 0 Å². The van der Waals surface area contributed by atoms with E-state index in [1.165, 1.54) is 30.8 Å². The Labute approximate surface area is 147 Å². The topological polar surface area (TPSA) is 49.4 Å². The molecule has 0 bridgehead atoms. The van der Waals surface area contributed by atoms with Crippen molar-refractivity contribution in [1.29, 1.82) is 0 Å². The molecule has 1 heterocycles. The van der Waals surface area contributed by atoms with E-state index in [0.29, 0.717) is 17.9 Å². The summed E-state index contributed by atoms with van der Waals surface area (Å²) in [6, 6.07) is 5.74. The van der Waals surface area contributed by atoms with Crippen molar-refractivity contribution in [3.8, 4) is 0 Å². The first-order chi connectivity index (χ1) is 11.5. The van der Waals surface area contributed by atoms with Gasteiger partial charge < -0.3 is 10.2 Å². The van der Waals surface area contributed by atoms with Crippen LogP contribution in [0.15, 0.2) is 24.3 Å². The first-order valence-electron chi connectivity index (χ1n) is 8.48. The molecule has 1 aromatic rings. The molecule has 0 spiro atoms. The molecule has 1 saturated heterocycles. The van der Waals surface area contributed by atoms with Crippen molar-refractivity contribution < 1.29 is 14.0 Å². The van der Waals surface area contributed by atoms with Crippen LogP contribution in [0, 0.1) is 5.82 Å². The lowest BCUT2D eigenvalue weighted by molar-refractivity contribution is -0.138. The predicted molar refractivity (Wildman–Crippen MR) is 95.1 cm³/mol. The number of halogens is 1. The maximum Gasteiger partial charge on any atom is 0.243 e. The van der Waals surface area contributed by atoms with Gasteiger partial charge in [0.15, 0.2) is 0 Å². The van der Waals surface area contributed by atoms with Crippen LogP contribution in [0.4, 0.5) is 4.39 Å². The molecule has 1 aromatic carbocycles. The Morgan fingerprint density at radius 1 is 1.33 bits per heavy atom. The van der Waals surface area contributed by atoms with Gasteiger partial charge >= 0.3 is 0 Å². The van der Waals surface area contributed by atoms with Crippen molar-refractivity contribution in [2.45, 2.75) is 50.9 Å². The fraction of sp³-hybridized carbons (Fsp3) is 0.556. The van der Waals surface area contributed by atoms with Crippen LogP contribution in [-0.2, 0) is 9.59 Å². The highest BCUT2D eigenvalue weighted by Crippen LogP contribution is 2.41. The molecule has 2 rings (SSSR count). The number of benzene rings is 1. The molecular weight excluding hydrogens is 327 g/mol. The fourth-order valence-corrected chi connectivity index (χ4v) is 4.36. The zero-order chi connectivity index (χ0) is 17.5. The van der Waals surface area contributed by atoms with Crippen LogP contribution >= 0.6 is 11.8 Å². The van der Waals surface area contributed by atoms with E-state index in [4.69, 9.17) is 0 Å². The summed E-state index contributed by atoms with van der Waals surface area (Å²) in [6.45, 7) is 4.24. The molecule has 132 valence electrons. The molecule has 1 aliphatic rings. The van der Waals surface area contributed by atoms with Gasteiger partial charge in [0.2, 0.25) is 11.8 Å². The number of amides is 2. The van der Waals surface area contributed by atoms with Crippen molar-refractivity contribution in [2.75, 3.05) is 12.3 Å². The van der Waals surface area contributed by atoms with Gasteiger partial charge in [-0.3, -0.25) is 9.59 Å². The Morgan fingerprint density at radius 3 is 2.79 bits per heavy atom. The average molecular weight is 352 g/mol. The van der Waals surface area contributed by atoms with Gasteiger partial charge in [-0.05, 0) is 24.1 Å². The summed E-state index contributed by atoms with van der Waals surface area (Å²) in [5.41, 5.74) is 0.716. The lowest BCUT2D eigenvalue weighted by Crippen LogP contribution is -2.47. The van der Waals surface area contributed by atoms with Crippen LogP contribution < -0.4 is 5.32 Å². The maximum atomic E-state index is 13.5. The number of nitrogens with zero attached hydrogens (tertiary/aromatic N) is 1. The van der Waals surface area contributed by atoms with E-state index >= 15 is 0 Å². The van der Waals surface area contributed by atoms with Gasteiger partial charge in [-0.25, -0.2) is 4.39 Å². The summed E-state index contributed by atoms with van der Waals surface area (Å²) in [7, 11) is 0. The number of unbranched alkanes of at least 4 members (excludes halogenated alkanes) is 3. The minimum absolute atomic E-state index is 0.117. The summed E-state index contributed by atoms with van der Waals surface area (Å²) in [4.78, 5) is 26.1. The standard InChI is InChI=1S/C18H25FN2O2S/c1-3-4-5-6-10-20-17(23)16-12-24-18(21(16)13(2)22)14-8-7-9-15(19)11-14/h7-9,11,16,18H,3-6,10,12H2,1-2H3,(H,20,23)/t16-,18+/m1/s1. The Balaban J connectivity index is 2.00. The third kappa shape index (κ3) is 4.72. The van der Waals surface area contributed by atoms with Crippen molar-refractivity contribution in [3.05, 3.63) is 35.6 Å². The second kappa shape index (κ2) is 9.06. The molecular formula is C18H25FN2O2S. The first kappa shape index (κ1) is 18.8. The van der Waals surface area contributed by atoms with E-state index in [1.54, 1.807) is 17.0 Å². The molecule has 0 aromatic heterocycles. The zero-order valence-corrected chi connectivity index (χ0v) is 15.1. The van der Waals surface area contributed by atoms with E-state index in [0.717, 1.165) is 25.7 Å². The molecule has 6 heteroatoms. The molecule has 0 aliphatic carbocycles. The highest BCUT2D eigenvalue weighted by Gasteiger charge is 2.40. The number of carbonyl (C=O) groups excluding carboxylic acids is 2. The van der Waals surface area contributed by atoms with Gasteiger partial charge in [-0.15, -0.1) is 11.8 Å². The van der Waals surface area contributed by atoms with Crippen LogP contribution in [-0.4, -0.2) is 35.1 Å². The Kier molecular flexibility index (Phi) is 7.09. The number of hydrogen-bond acceptors (Lipinski definition) is 3. The lowest BCUT2D eigenvalue weighted by Gasteiger charge is -2.28. The summed E-state index contributed by atoms with van der Waals surface area (Å²) in [5.74, 6) is -0.0874. The molecule has 0 radical (unpaired) electrons. The Hall–Kier alpha value is -1.56. The van der Waals surface area contributed by atoms with Gasteiger partial charge in [0, 0.05) is 19.2 Å². The molecule has 2 atom stereocenters. The molecule has 4 nitrogen and oxygen atoms in total. The zero-order valence-electron chi connectivity index (χ0n) is 14.3. The van der Waals surface area contributed by atoms with E-state index < -0.39 is 6.04 Å². The number of thioether (sulfide) groups is 1. The van der Waals surface area contributed by atoms with E-state index in [9.17, 15) is 14.0 Å². The summed E-state index contributed by atoms with van der Waals surface area (Å²) < 4.78 is 13.5. The van der Waals surface area contributed by atoms with E-state index in [-0.39, 0.29) is 23.0 Å². The second-order valence-electron chi connectivity index (χ2n) is 6.03. The lowest BCUT2D eigenvalue weighted by atomic mass is 10.1. The SMILES string of the molecule is CCCCCCNC(=O)[C@H]1CS[C@@H](c2cccc(F)c2)N1C(C)=O. The van der Waals surface area contributed by atoms with Crippen molar-refractivity contribution in [2.24, 2.45) is 0 Å². The average Bonchev–Trinajstić information content (AvgIpc) is 3.00. The Morgan fingerprint density at radius 2 is 2.12 bits per heavy atom. The van der Waals surface area contributed by atoms with Gasteiger partial charge in [-0.1, -0.05) is 38.3 Å². The molecule has 24 heavy (non-hydrogen) atoms. The van der Waals surface area contributed by atoms with Crippen LogP contribution in [0.5, 0.6) is 0 Å². The number of hydrogen-bond donors (Lipinski definition) is 1. The normalized spacial score (nSPS) is 20.2. The van der Waals surface area contributed by atoms with Gasteiger partial charge in [0.1, 0.15) is 17.2 Å². The summed E-state index contributed by atoms with van der Waals surface area (Å²) in [5, 5.41) is 2.62. The first-order valence-corrected chi connectivity index (χ1v) is 9.53. The molecule has 0 saturated carbocycles. The van der Waals surface area contributed by atoms with E-state index in [2.05, 4.69) is 12.2 Å². The molecule has 1 N–H and O–H groups in total. The van der Waals surface area contributed by atoms with Crippen molar-refractivity contribution >= 4 is 23.6 Å². The quantitative estimate of drug-likeness (QED) is 0.764. The fourth-order valence-electron chi connectivity index (χ4n) is 2.89.